The maximum atomic E-state index is 5.69. The summed E-state index contributed by atoms with van der Waals surface area (Å²) < 4.78 is 0. The van der Waals surface area contributed by atoms with Gasteiger partial charge in [0.05, 0.1) is 5.69 Å². The van der Waals surface area contributed by atoms with E-state index in [0.29, 0.717) is 5.69 Å². The lowest BCUT2D eigenvalue weighted by atomic mass is 10.3. The van der Waals surface area contributed by atoms with Crippen molar-refractivity contribution in [3.05, 3.63) is 36.8 Å². The summed E-state index contributed by atoms with van der Waals surface area (Å²) in [5.41, 5.74) is 8.17. The van der Waals surface area contributed by atoms with Crippen molar-refractivity contribution in [1.29, 1.82) is 0 Å². The van der Waals surface area contributed by atoms with E-state index >= 15 is 0 Å². The van der Waals surface area contributed by atoms with E-state index < -0.39 is 0 Å². The summed E-state index contributed by atoms with van der Waals surface area (Å²) >= 11 is 1.54. The van der Waals surface area contributed by atoms with E-state index in [1.807, 2.05) is 18.2 Å². The fourth-order valence-electron chi connectivity index (χ4n) is 1.47. The predicted octanol–water partition coefficient (Wildman–Crippen LogP) is 2.34. The summed E-state index contributed by atoms with van der Waals surface area (Å²) in [5, 5.41) is 0.897. The fourth-order valence-corrected chi connectivity index (χ4v) is 2.36. The molecule has 0 unspecified atom stereocenters. The molecule has 0 aliphatic carbocycles. The minimum atomic E-state index is 0.643. The van der Waals surface area contributed by atoms with E-state index in [0.717, 1.165) is 20.9 Å². The molecule has 3 aromatic rings. The molecule has 4 nitrogen and oxygen atoms in total. The van der Waals surface area contributed by atoms with Gasteiger partial charge in [-0.05, 0) is 18.2 Å². The van der Waals surface area contributed by atoms with Gasteiger partial charge in [0.1, 0.15) is 15.4 Å². The van der Waals surface area contributed by atoms with Gasteiger partial charge >= 0.3 is 0 Å². The van der Waals surface area contributed by atoms with Crippen molar-refractivity contribution in [2.75, 3.05) is 5.73 Å². The molecule has 2 N–H and O–H groups in total. The zero-order chi connectivity index (χ0) is 11.0. The Balaban J connectivity index is 2.19. The summed E-state index contributed by atoms with van der Waals surface area (Å²) in [7, 11) is 0. The molecule has 0 saturated heterocycles. The molecule has 0 spiro atoms. The first-order valence-corrected chi connectivity index (χ1v) is 5.57. The van der Waals surface area contributed by atoms with E-state index in [9.17, 15) is 0 Å². The summed E-state index contributed by atoms with van der Waals surface area (Å²) in [5.74, 6) is 0. The van der Waals surface area contributed by atoms with Crippen LogP contribution in [-0.4, -0.2) is 15.0 Å². The van der Waals surface area contributed by atoms with Gasteiger partial charge in [0.2, 0.25) is 0 Å². The van der Waals surface area contributed by atoms with Gasteiger partial charge in [-0.15, -0.1) is 0 Å². The van der Waals surface area contributed by atoms with Crippen LogP contribution in [0.3, 0.4) is 0 Å². The average Bonchev–Trinajstić information content (AvgIpc) is 2.72. The van der Waals surface area contributed by atoms with Crippen LogP contribution in [0.25, 0.3) is 20.9 Å². The van der Waals surface area contributed by atoms with Crippen LogP contribution in [0.2, 0.25) is 0 Å². The number of pyridine rings is 2. The van der Waals surface area contributed by atoms with Crippen LogP contribution in [0.4, 0.5) is 5.69 Å². The number of hydrogen-bond donors (Lipinski definition) is 1. The highest BCUT2D eigenvalue weighted by atomic mass is 32.1. The SMILES string of the molecule is Nc1cncc(-c2nc3cccnc3s2)c1. The maximum Gasteiger partial charge on any atom is 0.143 e. The third kappa shape index (κ3) is 1.51. The molecule has 16 heavy (non-hydrogen) atoms. The zero-order valence-corrected chi connectivity index (χ0v) is 9.11. The Morgan fingerprint density at radius 1 is 1.25 bits per heavy atom. The van der Waals surface area contributed by atoms with Gasteiger partial charge in [-0.2, -0.15) is 0 Å². The molecule has 0 bridgehead atoms. The second-order valence-electron chi connectivity index (χ2n) is 3.35. The molecule has 0 fully saturated rings. The minimum absolute atomic E-state index is 0.643. The van der Waals surface area contributed by atoms with Crippen LogP contribution in [0.15, 0.2) is 36.8 Å². The highest BCUT2D eigenvalue weighted by molar-refractivity contribution is 7.21. The average molecular weight is 228 g/mol. The van der Waals surface area contributed by atoms with Gasteiger partial charge in [-0.1, -0.05) is 11.3 Å². The molecule has 5 heteroatoms. The molecule has 0 aliphatic rings. The third-order valence-corrected chi connectivity index (χ3v) is 3.20. The monoisotopic (exact) mass is 228 g/mol. The Morgan fingerprint density at radius 3 is 3.00 bits per heavy atom. The number of rotatable bonds is 1. The smallest absolute Gasteiger partial charge is 0.143 e. The molecule has 3 rings (SSSR count). The molecular formula is C11H8N4S. The van der Waals surface area contributed by atoms with E-state index in [1.165, 1.54) is 0 Å². The first-order valence-electron chi connectivity index (χ1n) is 4.75. The number of aromatic nitrogens is 3. The van der Waals surface area contributed by atoms with Crippen LogP contribution in [0, 0.1) is 0 Å². The molecule has 3 aromatic heterocycles. The third-order valence-electron chi connectivity index (χ3n) is 2.17. The quantitative estimate of drug-likeness (QED) is 0.694. The second kappa shape index (κ2) is 3.53. The summed E-state index contributed by atoms with van der Waals surface area (Å²) in [4.78, 5) is 13.7. The van der Waals surface area contributed by atoms with Gasteiger partial charge in [0.15, 0.2) is 0 Å². The number of nitrogens with zero attached hydrogens (tertiary/aromatic N) is 3. The molecule has 0 amide bonds. The van der Waals surface area contributed by atoms with Gasteiger partial charge in [0, 0.05) is 24.2 Å². The van der Waals surface area contributed by atoms with Crippen molar-refractivity contribution in [2.24, 2.45) is 0 Å². The number of hydrogen-bond acceptors (Lipinski definition) is 5. The number of thiazole rings is 1. The molecule has 0 saturated carbocycles. The highest BCUT2D eigenvalue weighted by Crippen LogP contribution is 2.28. The van der Waals surface area contributed by atoms with Crippen LogP contribution in [-0.2, 0) is 0 Å². The molecule has 0 aromatic carbocycles. The Kier molecular flexibility index (Phi) is 2.04. The van der Waals surface area contributed by atoms with E-state index in [4.69, 9.17) is 5.73 Å². The van der Waals surface area contributed by atoms with Crippen LogP contribution in [0.1, 0.15) is 0 Å². The lowest BCUT2D eigenvalue weighted by Gasteiger charge is -1.95. The molecule has 0 radical (unpaired) electrons. The molecule has 0 atom stereocenters. The number of nitrogen functional groups attached to an aromatic ring is 1. The van der Waals surface area contributed by atoms with Gasteiger partial charge in [-0.3, -0.25) is 4.98 Å². The molecular weight excluding hydrogens is 220 g/mol. The van der Waals surface area contributed by atoms with Crippen molar-refractivity contribution >= 4 is 27.4 Å². The predicted molar refractivity (Wildman–Crippen MR) is 65.1 cm³/mol. The highest BCUT2D eigenvalue weighted by Gasteiger charge is 2.06. The molecule has 3 heterocycles. The summed E-state index contributed by atoms with van der Waals surface area (Å²) in [6.45, 7) is 0. The van der Waals surface area contributed by atoms with Gasteiger partial charge in [0.25, 0.3) is 0 Å². The van der Waals surface area contributed by atoms with E-state index in [-0.39, 0.29) is 0 Å². The first kappa shape index (κ1) is 9.23. The van der Waals surface area contributed by atoms with Gasteiger partial charge in [-0.25, -0.2) is 9.97 Å². The van der Waals surface area contributed by atoms with Crippen molar-refractivity contribution in [1.82, 2.24) is 15.0 Å². The number of anilines is 1. The number of fused-ring (bicyclic) bond motifs is 1. The van der Waals surface area contributed by atoms with Crippen LogP contribution < -0.4 is 5.73 Å². The van der Waals surface area contributed by atoms with Gasteiger partial charge < -0.3 is 5.73 Å². The zero-order valence-electron chi connectivity index (χ0n) is 8.29. The van der Waals surface area contributed by atoms with Crippen molar-refractivity contribution in [3.63, 3.8) is 0 Å². The number of nitrogens with two attached hydrogens (primary N) is 1. The topological polar surface area (TPSA) is 64.7 Å². The van der Waals surface area contributed by atoms with Crippen molar-refractivity contribution < 1.29 is 0 Å². The second-order valence-corrected chi connectivity index (χ2v) is 4.33. The Labute approximate surface area is 95.8 Å². The molecule has 78 valence electrons. The normalized spacial score (nSPS) is 10.8. The van der Waals surface area contributed by atoms with Crippen LogP contribution >= 0.6 is 11.3 Å². The van der Waals surface area contributed by atoms with E-state index in [1.54, 1.807) is 29.9 Å². The fraction of sp³-hybridized carbons (Fsp3) is 0. The Morgan fingerprint density at radius 2 is 2.19 bits per heavy atom. The van der Waals surface area contributed by atoms with Crippen LogP contribution in [0.5, 0.6) is 0 Å². The standard InChI is InChI=1S/C11H8N4S/c12-8-4-7(5-13-6-8)10-15-9-2-1-3-14-11(9)16-10/h1-6H,12H2. The minimum Gasteiger partial charge on any atom is -0.397 e. The lowest BCUT2D eigenvalue weighted by molar-refractivity contribution is 1.32. The van der Waals surface area contributed by atoms with Crippen molar-refractivity contribution in [2.45, 2.75) is 0 Å². The lowest BCUT2D eigenvalue weighted by Crippen LogP contribution is -1.86. The summed E-state index contributed by atoms with van der Waals surface area (Å²) in [6, 6.07) is 5.69. The van der Waals surface area contributed by atoms with Crippen molar-refractivity contribution in [3.8, 4) is 10.6 Å². The Hall–Kier alpha value is -2.01. The van der Waals surface area contributed by atoms with E-state index in [2.05, 4.69) is 15.0 Å². The Bertz CT molecular complexity index is 614. The summed E-state index contributed by atoms with van der Waals surface area (Å²) in [6.07, 6.45) is 5.14. The maximum absolute atomic E-state index is 5.69. The first-order chi connectivity index (χ1) is 7.83. The molecule has 0 aliphatic heterocycles. The largest absolute Gasteiger partial charge is 0.397 e.